The van der Waals surface area contributed by atoms with Gasteiger partial charge in [-0.3, -0.25) is 4.79 Å². The van der Waals surface area contributed by atoms with Crippen molar-refractivity contribution >= 4 is 15.9 Å². The van der Waals surface area contributed by atoms with Crippen LogP contribution in [0.5, 0.6) is 0 Å². The van der Waals surface area contributed by atoms with Gasteiger partial charge in [-0.1, -0.05) is 0 Å². The Morgan fingerprint density at radius 3 is 2.43 bits per heavy atom. The molecule has 0 spiro atoms. The maximum absolute atomic E-state index is 12.5. The van der Waals surface area contributed by atoms with Gasteiger partial charge < -0.3 is 9.64 Å². The minimum atomic E-state index is -3.74. The summed E-state index contributed by atoms with van der Waals surface area (Å²) in [4.78, 5) is 14.3. The molecule has 1 saturated heterocycles. The number of benzene rings is 1. The zero-order chi connectivity index (χ0) is 15.6. The molecule has 2 rings (SSSR count). The quantitative estimate of drug-likeness (QED) is 0.897. The van der Waals surface area contributed by atoms with E-state index in [4.69, 9.17) is 9.88 Å². The molecule has 1 aliphatic heterocycles. The van der Waals surface area contributed by atoms with E-state index in [0.29, 0.717) is 24.2 Å². The Bertz CT molecular complexity index is 634. The maximum atomic E-state index is 12.5. The van der Waals surface area contributed by atoms with Crippen LogP contribution < -0.4 is 5.14 Å². The first-order chi connectivity index (χ1) is 9.82. The van der Waals surface area contributed by atoms with Gasteiger partial charge in [0.2, 0.25) is 10.0 Å². The van der Waals surface area contributed by atoms with E-state index in [1.807, 2.05) is 0 Å². The van der Waals surface area contributed by atoms with Crippen molar-refractivity contribution in [2.75, 3.05) is 20.2 Å². The number of primary sulfonamides is 1. The van der Waals surface area contributed by atoms with E-state index in [1.54, 1.807) is 18.9 Å². The van der Waals surface area contributed by atoms with Gasteiger partial charge in [0.25, 0.3) is 5.91 Å². The van der Waals surface area contributed by atoms with E-state index in [-0.39, 0.29) is 16.9 Å². The number of methoxy groups -OCH3 is 1. The number of carbonyl (C=O) groups excluding carboxylic acids is 1. The average molecular weight is 312 g/mol. The molecular formula is C14H20N2O4S. The Morgan fingerprint density at radius 1 is 1.33 bits per heavy atom. The van der Waals surface area contributed by atoms with Crippen LogP contribution in [0.3, 0.4) is 0 Å². The summed E-state index contributed by atoms with van der Waals surface area (Å²) in [6.45, 7) is 3.01. The van der Waals surface area contributed by atoms with Crippen molar-refractivity contribution in [3.8, 4) is 0 Å². The number of hydrogen-bond donors (Lipinski definition) is 1. The number of nitrogens with zero attached hydrogens (tertiary/aromatic N) is 1. The van der Waals surface area contributed by atoms with Crippen LogP contribution >= 0.6 is 0 Å². The van der Waals surface area contributed by atoms with E-state index < -0.39 is 10.0 Å². The highest BCUT2D eigenvalue weighted by molar-refractivity contribution is 7.89. The molecule has 0 saturated carbocycles. The summed E-state index contributed by atoms with van der Waals surface area (Å²) < 4.78 is 27.9. The Hall–Kier alpha value is -1.44. The molecule has 0 aromatic heterocycles. The lowest BCUT2D eigenvalue weighted by molar-refractivity contribution is 0.0350. The van der Waals surface area contributed by atoms with Crippen LogP contribution in [0, 0.1) is 6.92 Å². The zero-order valence-electron chi connectivity index (χ0n) is 12.2. The summed E-state index contributed by atoms with van der Waals surface area (Å²) in [5, 5.41) is 5.09. The predicted molar refractivity (Wildman–Crippen MR) is 78.5 cm³/mol. The molecule has 0 atom stereocenters. The highest BCUT2D eigenvalue weighted by atomic mass is 32.2. The van der Waals surface area contributed by atoms with Gasteiger partial charge in [-0.2, -0.15) is 0 Å². The summed E-state index contributed by atoms with van der Waals surface area (Å²) in [6, 6.07) is 4.34. The molecule has 6 nitrogen and oxygen atoms in total. The second kappa shape index (κ2) is 6.13. The van der Waals surface area contributed by atoms with Crippen LogP contribution in [0.4, 0.5) is 0 Å². The second-order valence-corrected chi connectivity index (χ2v) is 6.81. The molecular weight excluding hydrogens is 292 g/mol. The minimum Gasteiger partial charge on any atom is -0.381 e. The summed E-state index contributed by atoms with van der Waals surface area (Å²) >= 11 is 0. The van der Waals surface area contributed by atoms with Crippen LogP contribution in [-0.2, 0) is 14.8 Å². The molecule has 1 fully saturated rings. The van der Waals surface area contributed by atoms with E-state index in [9.17, 15) is 13.2 Å². The molecule has 7 heteroatoms. The molecule has 21 heavy (non-hydrogen) atoms. The van der Waals surface area contributed by atoms with Crippen molar-refractivity contribution in [3.05, 3.63) is 29.3 Å². The molecule has 116 valence electrons. The number of likely N-dealkylation sites (tertiary alicyclic amines) is 1. The largest absolute Gasteiger partial charge is 0.381 e. The van der Waals surface area contributed by atoms with Gasteiger partial charge in [0.05, 0.1) is 11.0 Å². The van der Waals surface area contributed by atoms with E-state index >= 15 is 0 Å². The van der Waals surface area contributed by atoms with Crippen LogP contribution in [0.25, 0.3) is 0 Å². The van der Waals surface area contributed by atoms with Crippen LogP contribution in [0.2, 0.25) is 0 Å². The van der Waals surface area contributed by atoms with Gasteiger partial charge in [0.1, 0.15) is 0 Å². The lowest BCUT2D eigenvalue weighted by Gasteiger charge is -2.31. The number of sulfonamides is 1. The fourth-order valence-electron chi connectivity index (χ4n) is 2.52. The van der Waals surface area contributed by atoms with E-state index in [2.05, 4.69) is 0 Å². The first kappa shape index (κ1) is 15.9. The van der Waals surface area contributed by atoms with Gasteiger partial charge in [-0.15, -0.1) is 0 Å². The number of hydrogen-bond acceptors (Lipinski definition) is 4. The standard InChI is InChI=1S/C14H20N2O4S/c1-10-9-12(21(15,18)19)3-4-13(10)14(17)16-7-5-11(20-2)6-8-16/h3-4,9,11H,5-8H2,1-2H3,(H2,15,18,19). The molecule has 2 N–H and O–H groups in total. The number of nitrogens with two attached hydrogens (primary N) is 1. The molecule has 0 bridgehead atoms. The Morgan fingerprint density at radius 2 is 1.95 bits per heavy atom. The fraction of sp³-hybridized carbons (Fsp3) is 0.500. The van der Waals surface area contributed by atoms with Crippen molar-refractivity contribution < 1.29 is 17.9 Å². The van der Waals surface area contributed by atoms with Crippen molar-refractivity contribution in [2.24, 2.45) is 5.14 Å². The molecule has 1 aromatic rings. The summed E-state index contributed by atoms with van der Waals surface area (Å²) in [6.07, 6.45) is 1.84. The Balaban J connectivity index is 2.17. The molecule has 0 unspecified atom stereocenters. The number of carbonyl (C=O) groups is 1. The highest BCUT2D eigenvalue weighted by Gasteiger charge is 2.24. The predicted octanol–water partition coefficient (Wildman–Crippen LogP) is 0.893. The van der Waals surface area contributed by atoms with Crippen LogP contribution in [0.1, 0.15) is 28.8 Å². The van der Waals surface area contributed by atoms with Crippen LogP contribution in [0.15, 0.2) is 23.1 Å². The normalized spacial score (nSPS) is 17.0. The highest BCUT2D eigenvalue weighted by Crippen LogP contribution is 2.19. The molecule has 0 radical (unpaired) electrons. The lowest BCUT2D eigenvalue weighted by atomic mass is 10.0. The SMILES string of the molecule is COC1CCN(C(=O)c2ccc(S(N)(=O)=O)cc2C)CC1. The summed E-state index contributed by atoms with van der Waals surface area (Å²) in [5.74, 6) is -0.0805. The average Bonchev–Trinajstić information content (AvgIpc) is 2.45. The van der Waals surface area contributed by atoms with Crippen molar-refractivity contribution in [2.45, 2.75) is 30.8 Å². The molecule has 1 amide bonds. The fourth-order valence-corrected chi connectivity index (χ4v) is 3.12. The zero-order valence-corrected chi connectivity index (χ0v) is 13.0. The van der Waals surface area contributed by atoms with Gasteiger partial charge in [0, 0.05) is 25.8 Å². The number of ether oxygens (including phenoxy) is 1. The maximum Gasteiger partial charge on any atom is 0.254 e. The molecule has 1 aliphatic rings. The van der Waals surface area contributed by atoms with Crippen molar-refractivity contribution in [1.82, 2.24) is 4.90 Å². The third kappa shape index (κ3) is 3.61. The van der Waals surface area contributed by atoms with Gasteiger partial charge in [-0.25, -0.2) is 13.6 Å². The van der Waals surface area contributed by atoms with E-state index in [1.165, 1.54) is 18.2 Å². The molecule has 0 aliphatic carbocycles. The van der Waals surface area contributed by atoms with Gasteiger partial charge in [0.15, 0.2) is 0 Å². The summed E-state index contributed by atoms with van der Waals surface area (Å²) in [5.41, 5.74) is 1.12. The smallest absolute Gasteiger partial charge is 0.254 e. The Labute approximate surface area is 124 Å². The Kier molecular flexibility index (Phi) is 4.65. The third-order valence-electron chi connectivity index (χ3n) is 3.82. The number of aryl methyl sites for hydroxylation is 1. The van der Waals surface area contributed by atoms with Crippen molar-refractivity contribution in [1.29, 1.82) is 0 Å². The second-order valence-electron chi connectivity index (χ2n) is 5.25. The van der Waals surface area contributed by atoms with Crippen LogP contribution in [-0.4, -0.2) is 45.5 Å². The van der Waals surface area contributed by atoms with Gasteiger partial charge in [-0.05, 0) is 43.5 Å². The monoisotopic (exact) mass is 312 g/mol. The molecule has 1 aromatic carbocycles. The minimum absolute atomic E-state index is 0.0228. The van der Waals surface area contributed by atoms with Crippen molar-refractivity contribution in [3.63, 3.8) is 0 Å². The number of rotatable bonds is 3. The number of piperidine rings is 1. The first-order valence-electron chi connectivity index (χ1n) is 6.78. The molecule has 1 heterocycles. The topological polar surface area (TPSA) is 89.7 Å². The lowest BCUT2D eigenvalue weighted by Crippen LogP contribution is -2.40. The third-order valence-corrected chi connectivity index (χ3v) is 4.73. The van der Waals surface area contributed by atoms with E-state index in [0.717, 1.165) is 12.8 Å². The number of amides is 1. The summed E-state index contributed by atoms with van der Waals surface area (Å²) in [7, 11) is -2.07. The first-order valence-corrected chi connectivity index (χ1v) is 8.33. The van der Waals surface area contributed by atoms with Gasteiger partial charge >= 0.3 is 0 Å².